The van der Waals surface area contributed by atoms with Crippen molar-refractivity contribution in [3.05, 3.63) is 29.8 Å². The molecule has 1 atom stereocenters. The molecule has 3 N–H and O–H groups in total. The monoisotopic (exact) mass is 236 g/mol. The molecule has 0 saturated carbocycles. The Hall–Kier alpha value is -1.55. The smallest absolute Gasteiger partial charge is 0.223 e. The molecule has 1 aromatic rings. The number of ether oxygens (including phenoxy) is 1. The van der Waals surface area contributed by atoms with Crippen LogP contribution in [-0.2, 0) is 4.79 Å². The molecule has 94 valence electrons. The van der Waals surface area contributed by atoms with Gasteiger partial charge in [0.25, 0.3) is 0 Å². The summed E-state index contributed by atoms with van der Waals surface area (Å²) in [7, 11) is 0. The van der Waals surface area contributed by atoms with Crippen LogP contribution in [0, 0.1) is 0 Å². The van der Waals surface area contributed by atoms with Crippen LogP contribution in [0.2, 0.25) is 0 Å². The molecule has 0 aliphatic rings. The van der Waals surface area contributed by atoms with Gasteiger partial charge in [0.1, 0.15) is 5.75 Å². The van der Waals surface area contributed by atoms with Gasteiger partial charge in [-0.25, -0.2) is 0 Å². The van der Waals surface area contributed by atoms with Crippen LogP contribution in [0.3, 0.4) is 0 Å². The van der Waals surface area contributed by atoms with Crippen molar-refractivity contribution in [2.75, 3.05) is 13.2 Å². The molecular formula is C13H20N2O2. The first-order valence-corrected chi connectivity index (χ1v) is 5.89. The zero-order valence-electron chi connectivity index (χ0n) is 10.4. The largest absolute Gasteiger partial charge is 0.493 e. The van der Waals surface area contributed by atoms with Gasteiger partial charge in [-0.05, 0) is 19.9 Å². The fourth-order valence-electron chi connectivity index (χ4n) is 1.53. The Balaban J connectivity index is 2.49. The predicted molar refractivity (Wildman–Crippen MR) is 67.8 cm³/mol. The van der Waals surface area contributed by atoms with E-state index in [1.54, 1.807) is 0 Å². The lowest BCUT2D eigenvalue weighted by Crippen LogP contribution is -2.24. The van der Waals surface area contributed by atoms with Gasteiger partial charge in [0.2, 0.25) is 5.91 Å². The molecule has 0 radical (unpaired) electrons. The van der Waals surface area contributed by atoms with Crippen LogP contribution in [0.15, 0.2) is 24.3 Å². The highest BCUT2D eigenvalue weighted by Gasteiger charge is 2.07. The summed E-state index contributed by atoms with van der Waals surface area (Å²) in [5.74, 6) is 0.762. The first kappa shape index (κ1) is 13.5. The second kappa shape index (κ2) is 6.91. The number of hydrogen-bond acceptors (Lipinski definition) is 3. The van der Waals surface area contributed by atoms with Gasteiger partial charge in [0.05, 0.1) is 13.0 Å². The maximum Gasteiger partial charge on any atom is 0.223 e. The third-order valence-corrected chi connectivity index (χ3v) is 2.37. The summed E-state index contributed by atoms with van der Waals surface area (Å²) in [6, 6.07) is 7.56. The van der Waals surface area contributed by atoms with Crippen molar-refractivity contribution in [3.63, 3.8) is 0 Å². The number of nitrogens with two attached hydrogens (primary N) is 1. The van der Waals surface area contributed by atoms with Crippen LogP contribution in [0.5, 0.6) is 5.75 Å². The zero-order valence-corrected chi connectivity index (χ0v) is 10.4. The van der Waals surface area contributed by atoms with Crippen molar-refractivity contribution in [1.29, 1.82) is 0 Å². The van der Waals surface area contributed by atoms with Crippen LogP contribution >= 0.6 is 0 Å². The van der Waals surface area contributed by atoms with E-state index in [4.69, 9.17) is 10.5 Å². The quantitative estimate of drug-likeness (QED) is 0.788. The molecule has 1 amide bonds. The van der Waals surface area contributed by atoms with Gasteiger partial charge in [-0.3, -0.25) is 4.79 Å². The molecule has 4 nitrogen and oxygen atoms in total. The first-order valence-electron chi connectivity index (χ1n) is 5.89. The Kier molecular flexibility index (Phi) is 5.49. The van der Waals surface area contributed by atoms with E-state index in [0.717, 1.165) is 11.3 Å². The number of benzene rings is 1. The molecule has 0 saturated heterocycles. The van der Waals surface area contributed by atoms with Crippen molar-refractivity contribution in [2.45, 2.75) is 26.3 Å². The van der Waals surface area contributed by atoms with E-state index in [-0.39, 0.29) is 11.9 Å². The average Bonchev–Trinajstić information content (AvgIpc) is 2.30. The summed E-state index contributed by atoms with van der Waals surface area (Å²) in [4.78, 5) is 11.2. The van der Waals surface area contributed by atoms with Gasteiger partial charge in [0.15, 0.2) is 0 Å². The second-order valence-electron chi connectivity index (χ2n) is 3.88. The standard InChI is InChI=1S/C13H20N2O2/c1-3-15-13(16)8-9-17-12-7-5-4-6-11(12)10(2)14/h4-7,10H,3,8-9,14H2,1-2H3,(H,15,16). The van der Waals surface area contributed by atoms with E-state index in [9.17, 15) is 4.79 Å². The molecular weight excluding hydrogens is 216 g/mol. The Labute approximate surface area is 102 Å². The molecule has 1 aromatic carbocycles. The summed E-state index contributed by atoms with van der Waals surface area (Å²) >= 11 is 0. The Bertz CT molecular complexity index is 364. The van der Waals surface area contributed by atoms with Crippen LogP contribution in [0.4, 0.5) is 0 Å². The first-order chi connectivity index (χ1) is 8.15. The third-order valence-electron chi connectivity index (χ3n) is 2.37. The maximum absolute atomic E-state index is 11.2. The Morgan fingerprint density at radius 2 is 2.18 bits per heavy atom. The number of carbonyl (C=O) groups excluding carboxylic acids is 1. The summed E-state index contributed by atoms with van der Waals surface area (Å²) in [6.07, 6.45) is 0.362. The molecule has 1 rings (SSSR count). The number of para-hydroxylation sites is 1. The molecule has 0 heterocycles. The lowest BCUT2D eigenvalue weighted by Gasteiger charge is -2.13. The highest BCUT2D eigenvalue weighted by atomic mass is 16.5. The van der Waals surface area contributed by atoms with Gasteiger partial charge in [-0.15, -0.1) is 0 Å². The minimum atomic E-state index is -0.0735. The SMILES string of the molecule is CCNC(=O)CCOc1ccccc1C(C)N. The molecule has 0 aliphatic carbocycles. The molecule has 0 spiro atoms. The lowest BCUT2D eigenvalue weighted by atomic mass is 10.1. The number of rotatable bonds is 6. The van der Waals surface area contributed by atoms with Crippen molar-refractivity contribution < 1.29 is 9.53 Å². The number of amides is 1. The fraction of sp³-hybridized carbons (Fsp3) is 0.462. The highest BCUT2D eigenvalue weighted by Crippen LogP contribution is 2.23. The topological polar surface area (TPSA) is 64.3 Å². The molecule has 0 fully saturated rings. The average molecular weight is 236 g/mol. The van der Waals surface area contributed by atoms with Crippen LogP contribution < -0.4 is 15.8 Å². The number of carbonyl (C=O) groups is 1. The zero-order chi connectivity index (χ0) is 12.7. The van der Waals surface area contributed by atoms with E-state index < -0.39 is 0 Å². The van der Waals surface area contributed by atoms with Gasteiger partial charge in [-0.1, -0.05) is 18.2 Å². The molecule has 1 unspecified atom stereocenters. The van der Waals surface area contributed by atoms with Gasteiger partial charge in [-0.2, -0.15) is 0 Å². The van der Waals surface area contributed by atoms with E-state index in [1.807, 2.05) is 38.1 Å². The van der Waals surface area contributed by atoms with Crippen molar-refractivity contribution in [2.24, 2.45) is 5.73 Å². The summed E-state index contributed by atoms with van der Waals surface area (Å²) in [5.41, 5.74) is 6.80. The highest BCUT2D eigenvalue weighted by molar-refractivity contribution is 5.75. The summed E-state index contributed by atoms with van der Waals surface area (Å²) in [6.45, 7) is 4.82. The van der Waals surface area contributed by atoms with Crippen LogP contribution in [-0.4, -0.2) is 19.1 Å². The summed E-state index contributed by atoms with van der Waals surface area (Å²) in [5, 5.41) is 2.73. The molecule has 0 bridgehead atoms. The van der Waals surface area contributed by atoms with Crippen LogP contribution in [0.25, 0.3) is 0 Å². The predicted octanol–water partition coefficient (Wildman–Crippen LogP) is 1.61. The molecule has 4 heteroatoms. The van der Waals surface area contributed by atoms with E-state index >= 15 is 0 Å². The Morgan fingerprint density at radius 1 is 1.47 bits per heavy atom. The normalized spacial score (nSPS) is 11.9. The minimum absolute atomic E-state index is 0.00535. The van der Waals surface area contributed by atoms with E-state index in [2.05, 4.69) is 5.32 Å². The minimum Gasteiger partial charge on any atom is -0.493 e. The molecule has 0 aliphatic heterocycles. The summed E-state index contributed by atoms with van der Waals surface area (Å²) < 4.78 is 5.57. The Morgan fingerprint density at radius 3 is 2.82 bits per heavy atom. The third kappa shape index (κ3) is 4.44. The second-order valence-corrected chi connectivity index (χ2v) is 3.88. The van der Waals surface area contributed by atoms with E-state index in [0.29, 0.717) is 19.6 Å². The van der Waals surface area contributed by atoms with Gasteiger partial charge in [0, 0.05) is 18.2 Å². The number of nitrogens with one attached hydrogen (secondary N) is 1. The molecule has 0 aromatic heterocycles. The number of hydrogen-bond donors (Lipinski definition) is 2. The molecule has 17 heavy (non-hydrogen) atoms. The van der Waals surface area contributed by atoms with Gasteiger partial charge < -0.3 is 15.8 Å². The van der Waals surface area contributed by atoms with Crippen molar-refractivity contribution in [3.8, 4) is 5.75 Å². The van der Waals surface area contributed by atoms with Crippen molar-refractivity contribution >= 4 is 5.91 Å². The lowest BCUT2D eigenvalue weighted by molar-refractivity contribution is -0.121. The van der Waals surface area contributed by atoms with Gasteiger partial charge >= 0.3 is 0 Å². The van der Waals surface area contributed by atoms with Crippen LogP contribution in [0.1, 0.15) is 31.9 Å². The van der Waals surface area contributed by atoms with Crippen molar-refractivity contribution in [1.82, 2.24) is 5.32 Å². The van der Waals surface area contributed by atoms with E-state index in [1.165, 1.54) is 0 Å². The maximum atomic E-state index is 11.2. The fourth-order valence-corrected chi connectivity index (χ4v) is 1.53.